The van der Waals surface area contributed by atoms with E-state index in [0.717, 1.165) is 18.7 Å². The number of hydrogen-bond donors (Lipinski definition) is 0. The lowest BCUT2D eigenvalue weighted by Gasteiger charge is -2.02. The van der Waals surface area contributed by atoms with Crippen molar-refractivity contribution in [3.05, 3.63) is 52.6 Å². The van der Waals surface area contributed by atoms with E-state index in [1.54, 1.807) is 11.3 Å². The fraction of sp³-hybridized carbons (Fsp3) is 0.214. The number of para-hydroxylation sites is 1. The molecule has 0 saturated carbocycles. The molecule has 0 N–H and O–H groups in total. The van der Waals surface area contributed by atoms with Gasteiger partial charge in [-0.15, -0.1) is 11.3 Å². The third-order valence-electron chi connectivity index (χ3n) is 2.91. The molecule has 0 aliphatic rings. The molecule has 0 aliphatic heterocycles. The molecule has 2 aromatic heterocycles. The zero-order chi connectivity index (χ0) is 11.7. The van der Waals surface area contributed by atoms with Crippen molar-refractivity contribution >= 4 is 22.2 Å². The summed E-state index contributed by atoms with van der Waals surface area (Å²) in [6.07, 6.45) is 3.16. The van der Waals surface area contributed by atoms with E-state index in [1.807, 2.05) is 0 Å². The van der Waals surface area contributed by atoms with Crippen LogP contribution >= 0.6 is 11.3 Å². The minimum Gasteiger partial charge on any atom is -0.341 e. The van der Waals surface area contributed by atoms with Crippen molar-refractivity contribution in [1.82, 2.24) is 9.55 Å². The first-order chi connectivity index (χ1) is 8.36. The maximum atomic E-state index is 4.61. The summed E-state index contributed by atoms with van der Waals surface area (Å²) >= 11 is 1.75. The molecule has 17 heavy (non-hydrogen) atoms. The van der Waals surface area contributed by atoms with Crippen LogP contribution in [0.25, 0.3) is 10.9 Å². The van der Waals surface area contributed by atoms with E-state index >= 15 is 0 Å². The monoisotopic (exact) mass is 242 g/mol. The van der Waals surface area contributed by atoms with Gasteiger partial charge < -0.3 is 4.57 Å². The molecule has 0 aliphatic carbocycles. The molecule has 0 amide bonds. The zero-order valence-corrected chi connectivity index (χ0v) is 10.6. The Bertz CT molecular complexity index is 636. The second-order valence-electron chi connectivity index (χ2n) is 4.09. The molecule has 0 fully saturated rings. The van der Waals surface area contributed by atoms with Gasteiger partial charge in [-0.05, 0) is 23.9 Å². The Morgan fingerprint density at radius 1 is 1.24 bits per heavy atom. The van der Waals surface area contributed by atoms with Gasteiger partial charge in [-0.3, -0.25) is 0 Å². The minimum absolute atomic E-state index is 0.865. The fourth-order valence-corrected chi connectivity index (χ4v) is 2.77. The number of hydrogen-bond acceptors (Lipinski definition) is 2. The lowest BCUT2D eigenvalue weighted by atomic mass is 10.2. The molecule has 3 aromatic rings. The van der Waals surface area contributed by atoms with Crippen molar-refractivity contribution in [2.24, 2.45) is 0 Å². The van der Waals surface area contributed by atoms with Gasteiger partial charge in [-0.1, -0.05) is 25.1 Å². The predicted molar refractivity (Wildman–Crippen MR) is 72.5 cm³/mol. The van der Waals surface area contributed by atoms with Crippen LogP contribution in [0.5, 0.6) is 0 Å². The highest BCUT2D eigenvalue weighted by Crippen LogP contribution is 2.18. The molecule has 0 radical (unpaired) electrons. The zero-order valence-electron chi connectivity index (χ0n) is 9.76. The summed E-state index contributed by atoms with van der Waals surface area (Å²) in [7, 11) is 0. The maximum absolute atomic E-state index is 4.61. The lowest BCUT2D eigenvalue weighted by Crippen LogP contribution is -1.98. The van der Waals surface area contributed by atoms with Gasteiger partial charge in [-0.25, -0.2) is 4.98 Å². The van der Waals surface area contributed by atoms with Gasteiger partial charge in [0, 0.05) is 17.1 Å². The van der Waals surface area contributed by atoms with E-state index in [-0.39, 0.29) is 0 Å². The van der Waals surface area contributed by atoms with Gasteiger partial charge in [0.25, 0.3) is 0 Å². The number of thiazole rings is 1. The van der Waals surface area contributed by atoms with Crippen LogP contribution < -0.4 is 0 Å². The van der Waals surface area contributed by atoms with Gasteiger partial charge in [0.1, 0.15) is 0 Å². The summed E-state index contributed by atoms with van der Waals surface area (Å²) in [4.78, 5) is 4.61. The van der Waals surface area contributed by atoms with Crippen molar-refractivity contribution in [3.63, 3.8) is 0 Å². The highest BCUT2D eigenvalue weighted by Gasteiger charge is 2.04. The molecule has 0 atom stereocenters. The summed E-state index contributed by atoms with van der Waals surface area (Å²) in [6.45, 7) is 3.01. The average molecular weight is 242 g/mol. The Balaban J connectivity index is 1.94. The highest BCUT2D eigenvalue weighted by molar-refractivity contribution is 7.09. The largest absolute Gasteiger partial charge is 0.341 e. The number of benzene rings is 1. The maximum Gasteiger partial charge on any atom is 0.0926 e. The molecular weight excluding hydrogens is 228 g/mol. The molecule has 0 spiro atoms. The van der Waals surface area contributed by atoms with Gasteiger partial charge in [0.05, 0.1) is 17.2 Å². The van der Waals surface area contributed by atoms with Crippen LogP contribution in [0.3, 0.4) is 0 Å². The first kappa shape index (κ1) is 10.5. The van der Waals surface area contributed by atoms with Crippen molar-refractivity contribution in [3.8, 4) is 0 Å². The second kappa shape index (κ2) is 4.34. The number of nitrogens with zero attached hydrogens (tertiary/aromatic N) is 2. The third-order valence-corrected chi connectivity index (χ3v) is 3.96. The molecule has 0 bridgehead atoms. The van der Waals surface area contributed by atoms with Crippen molar-refractivity contribution in [1.29, 1.82) is 0 Å². The number of fused-ring (bicyclic) bond motifs is 1. The molecule has 2 nitrogen and oxygen atoms in total. The van der Waals surface area contributed by atoms with Gasteiger partial charge in [0.2, 0.25) is 0 Å². The minimum atomic E-state index is 0.865. The average Bonchev–Trinajstić information content (AvgIpc) is 2.97. The molecule has 3 rings (SSSR count). The standard InChI is InChI=1S/C14H14N2S/c1-2-14-15-12(10-17-14)9-16-8-7-11-5-3-4-6-13(11)16/h3-8,10H,2,9H2,1H3. The van der Waals surface area contributed by atoms with E-state index in [2.05, 4.69) is 58.4 Å². The summed E-state index contributed by atoms with van der Waals surface area (Å²) < 4.78 is 2.25. The van der Waals surface area contributed by atoms with Crippen LogP contribution in [0, 0.1) is 0 Å². The normalized spacial score (nSPS) is 11.1. The molecule has 0 unspecified atom stereocenters. The van der Waals surface area contributed by atoms with Crippen molar-refractivity contribution in [2.45, 2.75) is 19.9 Å². The Labute approximate surface area is 105 Å². The van der Waals surface area contributed by atoms with Crippen LogP contribution in [-0.2, 0) is 13.0 Å². The van der Waals surface area contributed by atoms with Gasteiger partial charge in [0.15, 0.2) is 0 Å². The first-order valence-corrected chi connectivity index (χ1v) is 6.72. The molecule has 1 aromatic carbocycles. The summed E-state index contributed by atoms with van der Waals surface area (Å²) in [6, 6.07) is 10.6. The first-order valence-electron chi connectivity index (χ1n) is 5.84. The number of rotatable bonds is 3. The third kappa shape index (κ3) is 1.98. The molecule has 3 heteroatoms. The quantitative estimate of drug-likeness (QED) is 0.684. The smallest absolute Gasteiger partial charge is 0.0926 e. The van der Waals surface area contributed by atoms with E-state index in [4.69, 9.17) is 0 Å². The van der Waals surface area contributed by atoms with Crippen LogP contribution in [0.2, 0.25) is 0 Å². The molecule has 86 valence electrons. The van der Waals surface area contributed by atoms with Gasteiger partial charge >= 0.3 is 0 Å². The predicted octanol–water partition coefficient (Wildman–Crippen LogP) is 3.71. The summed E-state index contributed by atoms with van der Waals surface area (Å²) in [5.74, 6) is 0. The van der Waals surface area contributed by atoms with Gasteiger partial charge in [-0.2, -0.15) is 0 Å². The van der Waals surface area contributed by atoms with E-state index in [1.165, 1.54) is 15.9 Å². The lowest BCUT2D eigenvalue weighted by molar-refractivity contribution is 0.808. The van der Waals surface area contributed by atoms with Crippen molar-refractivity contribution < 1.29 is 0 Å². The van der Waals surface area contributed by atoms with Crippen LogP contribution in [0.1, 0.15) is 17.6 Å². The topological polar surface area (TPSA) is 17.8 Å². The molecule has 2 heterocycles. The Morgan fingerprint density at radius 2 is 2.12 bits per heavy atom. The van der Waals surface area contributed by atoms with Crippen LogP contribution in [-0.4, -0.2) is 9.55 Å². The van der Waals surface area contributed by atoms with E-state index in [0.29, 0.717) is 0 Å². The Hall–Kier alpha value is -1.61. The Morgan fingerprint density at radius 3 is 2.94 bits per heavy atom. The highest BCUT2D eigenvalue weighted by atomic mass is 32.1. The molecular formula is C14H14N2S. The SMILES string of the molecule is CCc1nc(Cn2ccc3ccccc32)cs1. The van der Waals surface area contributed by atoms with E-state index < -0.39 is 0 Å². The van der Waals surface area contributed by atoms with Crippen molar-refractivity contribution in [2.75, 3.05) is 0 Å². The summed E-state index contributed by atoms with van der Waals surface area (Å²) in [5, 5.41) is 4.67. The fourth-order valence-electron chi connectivity index (χ4n) is 2.04. The second-order valence-corrected chi connectivity index (χ2v) is 5.03. The number of aryl methyl sites for hydroxylation is 1. The summed E-state index contributed by atoms with van der Waals surface area (Å²) in [5.41, 5.74) is 2.44. The molecule has 0 saturated heterocycles. The van der Waals surface area contributed by atoms with Crippen LogP contribution in [0.4, 0.5) is 0 Å². The van der Waals surface area contributed by atoms with Crippen LogP contribution in [0.15, 0.2) is 41.9 Å². The Kier molecular flexibility index (Phi) is 2.69. The van der Waals surface area contributed by atoms with E-state index in [9.17, 15) is 0 Å². The number of aromatic nitrogens is 2.